The van der Waals surface area contributed by atoms with Gasteiger partial charge in [0.25, 0.3) is 5.22 Å². The molecule has 3 unspecified atom stereocenters. The summed E-state index contributed by atoms with van der Waals surface area (Å²) in [5.74, 6) is 1.11. The van der Waals surface area contributed by atoms with Crippen LogP contribution in [-0.2, 0) is 14.6 Å². The van der Waals surface area contributed by atoms with Gasteiger partial charge in [-0.05, 0) is 25.2 Å². The van der Waals surface area contributed by atoms with E-state index in [1.54, 1.807) is 0 Å². The molecule has 3 rings (SSSR count). The number of thioether (sulfide) groups is 1. The lowest BCUT2D eigenvalue weighted by Gasteiger charge is -2.29. The highest BCUT2D eigenvalue weighted by molar-refractivity contribution is 7.99. The molecule has 0 spiro atoms. The molecule has 134 valence electrons. The molecule has 1 N–H and O–H groups in total. The smallest absolute Gasteiger partial charge is 0.277 e. The Balaban J connectivity index is 1.47. The normalized spacial score (nSPS) is 29.5. The van der Waals surface area contributed by atoms with E-state index in [4.69, 9.17) is 4.42 Å². The molecule has 9 heteroatoms. The molecule has 1 saturated carbocycles. The third-order valence-electron chi connectivity index (χ3n) is 4.79. The first-order valence-electron chi connectivity index (χ1n) is 8.39. The quantitative estimate of drug-likeness (QED) is 0.785. The number of carbonyl (C=O) groups excluding carboxylic acids is 1. The number of nitrogens with zero attached hydrogens (tertiary/aromatic N) is 2. The highest BCUT2D eigenvalue weighted by Crippen LogP contribution is 2.29. The van der Waals surface area contributed by atoms with E-state index in [9.17, 15) is 13.2 Å². The third kappa shape index (κ3) is 4.50. The van der Waals surface area contributed by atoms with Gasteiger partial charge in [-0.3, -0.25) is 4.79 Å². The Bertz CT molecular complexity index is 689. The first-order valence-corrected chi connectivity index (χ1v) is 11.2. The third-order valence-corrected chi connectivity index (χ3v) is 7.37. The summed E-state index contributed by atoms with van der Waals surface area (Å²) in [5, 5.41) is 11.3. The van der Waals surface area contributed by atoms with Crippen LogP contribution in [-0.4, -0.2) is 47.8 Å². The van der Waals surface area contributed by atoms with Gasteiger partial charge in [-0.1, -0.05) is 31.5 Å². The molecule has 0 aromatic carbocycles. The fourth-order valence-corrected chi connectivity index (χ4v) is 5.65. The summed E-state index contributed by atoms with van der Waals surface area (Å²) in [7, 11) is -2.98. The summed E-state index contributed by atoms with van der Waals surface area (Å²) in [6.45, 7) is 2.18. The van der Waals surface area contributed by atoms with Crippen LogP contribution in [0.2, 0.25) is 0 Å². The van der Waals surface area contributed by atoms with Crippen molar-refractivity contribution in [3.05, 3.63) is 5.89 Å². The van der Waals surface area contributed by atoms with Crippen molar-refractivity contribution in [1.29, 1.82) is 0 Å². The fraction of sp³-hybridized carbons (Fsp3) is 0.800. The van der Waals surface area contributed by atoms with Crippen molar-refractivity contribution >= 4 is 27.5 Å². The largest absolute Gasteiger partial charge is 0.416 e. The predicted molar refractivity (Wildman–Crippen MR) is 90.6 cm³/mol. The first-order chi connectivity index (χ1) is 11.4. The van der Waals surface area contributed by atoms with E-state index >= 15 is 0 Å². The van der Waals surface area contributed by atoms with Gasteiger partial charge in [-0.15, -0.1) is 10.2 Å². The topological polar surface area (TPSA) is 102 Å². The van der Waals surface area contributed by atoms with Crippen molar-refractivity contribution in [1.82, 2.24) is 15.5 Å². The lowest BCUT2D eigenvalue weighted by molar-refractivity contribution is -0.119. The zero-order valence-corrected chi connectivity index (χ0v) is 15.4. The van der Waals surface area contributed by atoms with Gasteiger partial charge in [0.05, 0.1) is 23.2 Å². The van der Waals surface area contributed by atoms with Crippen LogP contribution in [0, 0.1) is 5.92 Å². The maximum Gasteiger partial charge on any atom is 0.277 e. The molecule has 1 aliphatic heterocycles. The number of carbonyl (C=O) groups is 1. The highest BCUT2D eigenvalue weighted by atomic mass is 32.2. The number of amides is 1. The number of aromatic nitrogens is 2. The lowest BCUT2D eigenvalue weighted by Crippen LogP contribution is -2.41. The fourth-order valence-electron chi connectivity index (χ4n) is 3.34. The van der Waals surface area contributed by atoms with Gasteiger partial charge in [0.1, 0.15) is 0 Å². The maximum absolute atomic E-state index is 12.1. The average Bonchev–Trinajstić information content (AvgIpc) is 3.14. The zero-order chi connectivity index (χ0) is 17.2. The Morgan fingerprint density at radius 1 is 1.29 bits per heavy atom. The highest BCUT2D eigenvalue weighted by Gasteiger charge is 2.33. The molecular formula is C15H23N3O4S2. The molecule has 1 aliphatic carbocycles. The molecule has 2 heterocycles. The van der Waals surface area contributed by atoms with Crippen LogP contribution in [0.25, 0.3) is 0 Å². The molecule has 0 bridgehead atoms. The molecule has 2 fully saturated rings. The Morgan fingerprint density at radius 2 is 2.08 bits per heavy atom. The molecule has 24 heavy (non-hydrogen) atoms. The van der Waals surface area contributed by atoms with Gasteiger partial charge in [0, 0.05) is 6.04 Å². The first kappa shape index (κ1) is 17.7. The van der Waals surface area contributed by atoms with Crippen LogP contribution in [0.15, 0.2) is 9.64 Å². The Kier molecular flexibility index (Phi) is 5.49. The van der Waals surface area contributed by atoms with Crippen LogP contribution in [0.4, 0.5) is 0 Å². The summed E-state index contributed by atoms with van der Waals surface area (Å²) < 4.78 is 28.5. The molecular weight excluding hydrogens is 350 g/mol. The number of rotatable bonds is 5. The second-order valence-electron chi connectivity index (χ2n) is 6.73. The second-order valence-corrected chi connectivity index (χ2v) is 9.89. The molecule has 1 aromatic rings. The van der Waals surface area contributed by atoms with E-state index in [0.717, 1.165) is 12.8 Å². The number of nitrogens with one attached hydrogen (secondary N) is 1. The summed E-state index contributed by atoms with van der Waals surface area (Å²) in [6, 6.07) is 0.258. The van der Waals surface area contributed by atoms with E-state index in [-0.39, 0.29) is 35.1 Å². The van der Waals surface area contributed by atoms with Crippen molar-refractivity contribution in [2.75, 3.05) is 17.3 Å². The molecule has 1 saturated heterocycles. The van der Waals surface area contributed by atoms with Crippen molar-refractivity contribution in [3.63, 3.8) is 0 Å². The molecule has 3 atom stereocenters. The van der Waals surface area contributed by atoms with Gasteiger partial charge in [-0.25, -0.2) is 8.42 Å². The maximum atomic E-state index is 12.1. The van der Waals surface area contributed by atoms with E-state index < -0.39 is 9.84 Å². The Labute approximate surface area is 146 Å². The van der Waals surface area contributed by atoms with E-state index in [1.807, 2.05) is 0 Å². The van der Waals surface area contributed by atoms with Crippen LogP contribution in [0.3, 0.4) is 0 Å². The zero-order valence-electron chi connectivity index (χ0n) is 13.7. The van der Waals surface area contributed by atoms with Gasteiger partial charge in [-0.2, -0.15) is 0 Å². The average molecular weight is 374 g/mol. The molecule has 1 aromatic heterocycles. The van der Waals surface area contributed by atoms with Crippen molar-refractivity contribution in [3.8, 4) is 0 Å². The van der Waals surface area contributed by atoms with Gasteiger partial charge in [0.15, 0.2) is 9.84 Å². The summed E-state index contributed by atoms with van der Waals surface area (Å²) in [4.78, 5) is 12.1. The summed E-state index contributed by atoms with van der Waals surface area (Å²) in [5.41, 5.74) is 0. The standard InChI is InChI=1S/C15H23N3O4S2/c1-10-4-2-3-5-12(10)16-13(19)8-23-15-18-17-14(22-15)11-6-7-24(20,21)9-11/h10-12H,2-9H2,1H3,(H,16,19). The van der Waals surface area contributed by atoms with Crippen molar-refractivity contribution in [2.45, 2.75) is 56.2 Å². The van der Waals surface area contributed by atoms with Crippen molar-refractivity contribution in [2.24, 2.45) is 5.92 Å². The minimum Gasteiger partial charge on any atom is -0.416 e. The number of hydrogen-bond acceptors (Lipinski definition) is 7. The molecule has 0 radical (unpaired) electrons. The number of sulfone groups is 1. The summed E-state index contributed by atoms with van der Waals surface area (Å²) >= 11 is 1.20. The van der Waals surface area contributed by atoms with Gasteiger partial charge >= 0.3 is 0 Å². The molecule has 1 amide bonds. The van der Waals surface area contributed by atoms with Gasteiger partial charge < -0.3 is 9.73 Å². The Morgan fingerprint density at radius 3 is 2.79 bits per heavy atom. The van der Waals surface area contributed by atoms with E-state index in [0.29, 0.717) is 23.5 Å². The van der Waals surface area contributed by atoms with Crippen molar-refractivity contribution < 1.29 is 17.6 Å². The predicted octanol–water partition coefficient (Wildman–Crippen LogP) is 1.76. The SMILES string of the molecule is CC1CCCCC1NC(=O)CSc1nnc(C2CCS(=O)(=O)C2)o1. The van der Waals surface area contributed by atoms with Crippen LogP contribution >= 0.6 is 11.8 Å². The van der Waals surface area contributed by atoms with E-state index in [1.165, 1.54) is 24.6 Å². The van der Waals surface area contributed by atoms with Crippen LogP contribution in [0.5, 0.6) is 0 Å². The monoisotopic (exact) mass is 373 g/mol. The summed E-state index contributed by atoms with van der Waals surface area (Å²) in [6.07, 6.45) is 5.13. The van der Waals surface area contributed by atoms with Gasteiger partial charge in [0.2, 0.25) is 11.8 Å². The molecule has 7 nitrogen and oxygen atoms in total. The lowest BCUT2D eigenvalue weighted by atomic mass is 9.86. The molecule has 2 aliphatic rings. The van der Waals surface area contributed by atoms with Crippen LogP contribution in [0.1, 0.15) is 50.8 Å². The number of hydrogen-bond donors (Lipinski definition) is 1. The van der Waals surface area contributed by atoms with E-state index in [2.05, 4.69) is 22.4 Å². The Hall–Kier alpha value is -1.09. The minimum absolute atomic E-state index is 0.0260. The van der Waals surface area contributed by atoms with Crippen LogP contribution < -0.4 is 5.32 Å². The second kappa shape index (κ2) is 7.43. The minimum atomic E-state index is -2.98.